The number of nitrogens with two attached hydrogens (primary N) is 1. The summed E-state index contributed by atoms with van der Waals surface area (Å²) in [7, 11) is 0. The predicted molar refractivity (Wildman–Crippen MR) is 43.4 cm³/mol. The van der Waals surface area contributed by atoms with E-state index in [0.29, 0.717) is 12.6 Å². The largest absolute Gasteiger partial charge is 0.370 e. The van der Waals surface area contributed by atoms with Crippen molar-refractivity contribution in [3.63, 3.8) is 0 Å². The molecule has 1 aliphatic rings. The summed E-state index contributed by atoms with van der Waals surface area (Å²) in [6.45, 7) is 1.68. The van der Waals surface area contributed by atoms with Crippen LogP contribution in [0.1, 0.15) is 12.5 Å². The van der Waals surface area contributed by atoms with E-state index in [1.807, 2.05) is 10.7 Å². The minimum atomic E-state index is 0.390. The zero-order valence-corrected chi connectivity index (χ0v) is 6.33. The van der Waals surface area contributed by atoms with E-state index in [1.165, 1.54) is 0 Å². The van der Waals surface area contributed by atoms with Crippen molar-refractivity contribution in [3.05, 3.63) is 12.3 Å². The van der Waals surface area contributed by atoms with Crippen LogP contribution in [0.15, 0.2) is 12.3 Å². The Kier molecular flexibility index (Phi) is 1.54. The van der Waals surface area contributed by atoms with E-state index in [-0.39, 0.29) is 0 Å². The van der Waals surface area contributed by atoms with Gasteiger partial charge < -0.3 is 11.1 Å². The van der Waals surface area contributed by atoms with Crippen molar-refractivity contribution in [1.29, 1.82) is 0 Å². The zero-order valence-electron chi connectivity index (χ0n) is 6.33. The summed E-state index contributed by atoms with van der Waals surface area (Å²) < 4.78 is 1.96. The highest BCUT2D eigenvalue weighted by atomic mass is 15.4. The number of hydrogen-bond donors (Lipinski definition) is 2. The standard InChI is InChI=1S/C7H12N4/c8-5-6-1-3-9-7-2-4-10-11(6)7/h2,4,6,9H,1,3,5,8H2. The molecule has 0 spiro atoms. The minimum Gasteiger partial charge on any atom is -0.370 e. The molecule has 0 radical (unpaired) electrons. The molecular formula is C7H12N4. The highest BCUT2D eigenvalue weighted by Gasteiger charge is 2.17. The van der Waals surface area contributed by atoms with E-state index in [9.17, 15) is 0 Å². The summed E-state index contributed by atoms with van der Waals surface area (Å²) in [5.74, 6) is 1.09. The van der Waals surface area contributed by atoms with Crippen molar-refractivity contribution in [2.45, 2.75) is 12.5 Å². The molecule has 1 atom stereocenters. The van der Waals surface area contributed by atoms with Gasteiger partial charge in [0.1, 0.15) is 5.82 Å². The number of rotatable bonds is 1. The van der Waals surface area contributed by atoms with Crippen LogP contribution in [-0.4, -0.2) is 22.9 Å². The number of anilines is 1. The van der Waals surface area contributed by atoms with E-state index in [2.05, 4.69) is 10.4 Å². The van der Waals surface area contributed by atoms with Gasteiger partial charge >= 0.3 is 0 Å². The molecule has 60 valence electrons. The van der Waals surface area contributed by atoms with Crippen molar-refractivity contribution in [2.24, 2.45) is 5.73 Å². The van der Waals surface area contributed by atoms with Crippen molar-refractivity contribution in [2.75, 3.05) is 18.4 Å². The third-order valence-corrected chi connectivity index (χ3v) is 2.07. The number of hydrogen-bond acceptors (Lipinski definition) is 3. The Bertz CT molecular complexity index is 242. The molecule has 4 heteroatoms. The maximum atomic E-state index is 5.59. The van der Waals surface area contributed by atoms with Gasteiger partial charge in [0, 0.05) is 19.2 Å². The van der Waals surface area contributed by atoms with Crippen molar-refractivity contribution >= 4 is 5.82 Å². The van der Waals surface area contributed by atoms with Crippen LogP contribution in [0.3, 0.4) is 0 Å². The number of fused-ring (bicyclic) bond motifs is 1. The van der Waals surface area contributed by atoms with Crippen LogP contribution in [0, 0.1) is 0 Å². The van der Waals surface area contributed by atoms with Crippen molar-refractivity contribution < 1.29 is 0 Å². The molecule has 1 aliphatic heterocycles. The topological polar surface area (TPSA) is 55.9 Å². The fourth-order valence-electron chi connectivity index (χ4n) is 1.45. The van der Waals surface area contributed by atoms with Crippen molar-refractivity contribution in [1.82, 2.24) is 9.78 Å². The number of nitrogens with one attached hydrogen (secondary N) is 1. The number of nitrogens with zero attached hydrogens (tertiary/aromatic N) is 2. The minimum absolute atomic E-state index is 0.390. The molecule has 0 aromatic carbocycles. The monoisotopic (exact) mass is 152 g/mol. The molecule has 1 unspecified atom stereocenters. The van der Waals surface area contributed by atoms with Gasteiger partial charge in [-0.1, -0.05) is 0 Å². The SMILES string of the molecule is NCC1CCNc2ccnn21. The molecule has 3 N–H and O–H groups in total. The van der Waals surface area contributed by atoms with E-state index < -0.39 is 0 Å². The average molecular weight is 152 g/mol. The first-order chi connectivity index (χ1) is 5.42. The average Bonchev–Trinajstić information content (AvgIpc) is 2.50. The van der Waals surface area contributed by atoms with E-state index in [4.69, 9.17) is 5.73 Å². The van der Waals surface area contributed by atoms with Gasteiger partial charge in [0.25, 0.3) is 0 Å². The van der Waals surface area contributed by atoms with Crippen LogP contribution in [0.2, 0.25) is 0 Å². The lowest BCUT2D eigenvalue weighted by atomic mass is 10.2. The van der Waals surface area contributed by atoms with E-state index >= 15 is 0 Å². The Balaban J connectivity index is 2.32. The molecule has 0 bridgehead atoms. The van der Waals surface area contributed by atoms with Crippen LogP contribution >= 0.6 is 0 Å². The maximum Gasteiger partial charge on any atom is 0.124 e. The Morgan fingerprint density at radius 2 is 2.73 bits per heavy atom. The summed E-state index contributed by atoms with van der Waals surface area (Å²) in [5.41, 5.74) is 5.59. The Morgan fingerprint density at radius 3 is 3.55 bits per heavy atom. The fourth-order valence-corrected chi connectivity index (χ4v) is 1.45. The van der Waals surface area contributed by atoms with Crippen molar-refractivity contribution in [3.8, 4) is 0 Å². The van der Waals surface area contributed by atoms with Crippen LogP contribution in [0.5, 0.6) is 0 Å². The number of aromatic nitrogens is 2. The van der Waals surface area contributed by atoms with Crippen LogP contribution in [-0.2, 0) is 0 Å². The Labute approximate surface area is 65.4 Å². The molecule has 11 heavy (non-hydrogen) atoms. The Hall–Kier alpha value is -1.03. The molecule has 0 fully saturated rings. The third-order valence-electron chi connectivity index (χ3n) is 2.07. The molecule has 4 nitrogen and oxygen atoms in total. The highest BCUT2D eigenvalue weighted by molar-refractivity contribution is 5.35. The predicted octanol–water partition coefficient (Wildman–Crippen LogP) is 0.198. The van der Waals surface area contributed by atoms with E-state index in [1.54, 1.807) is 6.20 Å². The van der Waals surface area contributed by atoms with Crippen LogP contribution in [0.4, 0.5) is 5.82 Å². The summed E-state index contributed by atoms with van der Waals surface area (Å²) in [6.07, 6.45) is 2.88. The van der Waals surface area contributed by atoms with Gasteiger partial charge in [-0.25, -0.2) is 4.68 Å². The summed E-state index contributed by atoms with van der Waals surface area (Å²) >= 11 is 0. The molecule has 0 saturated heterocycles. The van der Waals surface area contributed by atoms with Crippen LogP contribution in [0.25, 0.3) is 0 Å². The molecule has 0 aliphatic carbocycles. The second-order valence-corrected chi connectivity index (χ2v) is 2.77. The first-order valence-corrected chi connectivity index (χ1v) is 3.89. The van der Waals surface area contributed by atoms with Gasteiger partial charge in [-0.15, -0.1) is 0 Å². The van der Waals surface area contributed by atoms with Gasteiger partial charge in [0.2, 0.25) is 0 Å². The van der Waals surface area contributed by atoms with Gasteiger partial charge in [0.15, 0.2) is 0 Å². The van der Waals surface area contributed by atoms with E-state index in [0.717, 1.165) is 18.8 Å². The maximum absolute atomic E-state index is 5.59. The molecule has 1 aromatic rings. The molecule has 2 heterocycles. The molecular weight excluding hydrogens is 140 g/mol. The Morgan fingerprint density at radius 1 is 1.82 bits per heavy atom. The zero-order chi connectivity index (χ0) is 7.68. The fraction of sp³-hybridized carbons (Fsp3) is 0.571. The first-order valence-electron chi connectivity index (χ1n) is 3.89. The lowest BCUT2D eigenvalue weighted by molar-refractivity contribution is 0.428. The molecule has 0 saturated carbocycles. The van der Waals surface area contributed by atoms with Crippen LogP contribution < -0.4 is 11.1 Å². The normalized spacial score (nSPS) is 22.5. The molecule has 1 aromatic heterocycles. The lowest BCUT2D eigenvalue weighted by Crippen LogP contribution is -2.28. The quantitative estimate of drug-likeness (QED) is 0.604. The molecule has 0 amide bonds. The van der Waals surface area contributed by atoms with Gasteiger partial charge in [-0.05, 0) is 6.42 Å². The second-order valence-electron chi connectivity index (χ2n) is 2.77. The van der Waals surface area contributed by atoms with Gasteiger partial charge in [0.05, 0.1) is 12.2 Å². The smallest absolute Gasteiger partial charge is 0.124 e. The lowest BCUT2D eigenvalue weighted by Gasteiger charge is -2.24. The molecule has 2 rings (SSSR count). The second kappa shape index (κ2) is 2.54. The van der Waals surface area contributed by atoms with Gasteiger partial charge in [-0.2, -0.15) is 5.10 Å². The summed E-state index contributed by atoms with van der Waals surface area (Å²) in [4.78, 5) is 0. The summed E-state index contributed by atoms with van der Waals surface area (Å²) in [6, 6.07) is 2.36. The highest BCUT2D eigenvalue weighted by Crippen LogP contribution is 2.20. The first kappa shape index (κ1) is 6.67. The third kappa shape index (κ3) is 0.991. The van der Waals surface area contributed by atoms with Gasteiger partial charge in [-0.3, -0.25) is 0 Å². The summed E-state index contributed by atoms with van der Waals surface area (Å²) in [5, 5.41) is 7.44.